The molecule has 2 atom stereocenters. The zero-order valence-electron chi connectivity index (χ0n) is 16.0. The van der Waals surface area contributed by atoms with Crippen molar-refractivity contribution in [1.82, 2.24) is 15.1 Å². The lowest BCUT2D eigenvalue weighted by Gasteiger charge is -2.35. The van der Waals surface area contributed by atoms with Crippen LogP contribution in [0, 0.1) is 0 Å². The monoisotopic (exact) mass is 372 g/mol. The third-order valence-corrected chi connectivity index (χ3v) is 5.63. The number of nitrogens with zero attached hydrogens (tertiary/aromatic N) is 3. The smallest absolute Gasteiger partial charge is 0.127 e. The van der Waals surface area contributed by atoms with E-state index >= 15 is 0 Å². The first kappa shape index (κ1) is 17.1. The standard InChI is InChI=1S/C23H24N4O/c1-26-22(17-9-11-19(12-10-17)28-18-6-3-2-4-7-18)21-16-24-14-15-27(21)23(26)20-8-5-13-25-20/h2-4,6-7,9-12,14-16,20,23,25H,5,8,13H2,1H3. The van der Waals surface area contributed by atoms with Crippen molar-refractivity contribution in [2.75, 3.05) is 13.6 Å². The lowest BCUT2D eigenvalue weighted by molar-refractivity contribution is 0.178. The molecule has 0 amide bonds. The lowest BCUT2D eigenvalue weighted by atomic mass is 10.1. The van der Waals surface area contributed by atoms with E-state index in [2.05, 4.69) is 45.5 Å². The van der Waals surface area contributed by atoms with Gasteiger partial charge in [-0.05, 0) is 55.8 Å². The number of rotatable bonds is 4. The SMILES string of the molecule is CN1C(c2ccc(Oc3ccccc3)cc2)=C2C=NC=CN2C1C1CCCN1. The van der Waals surface area contributed by atoms with Crippen LogP contribution in [0.5, 0.6) is 11.5 Å². The molecule has 5 heteroatoms. The van der Waals surface area contributed by atoms with Crippen LogP contribution >= 0.6 is 0 Å². The molecule has 5 nitrogen and oxygen atoms in total. The van der Waals surface area contributed by atoms with E-state index in [1.54, 1.807) is 0 Å². The van der Waals surface area contributed by atoms with Gasteiger partial charge >= 0.3 is 0 Å². The summed E-state index contributed by atoms with van der Waals surface area (Å²) in [7, 11) is 2.18. The molecule has 0 bridgehead atoms. The Balaban J connectivity index is 1.44. The minimum absolute atomic E-state index is 0.274. The predicted octanol–water partition coefficient (Wildman–Crippen LogP) is 4.03. The van der Waals surface area contributed by atoms with Gasteiger partial charge in [-0.15, -0.1) is 0 Å². The summed E-state index contributed by atoms with van der Waals surface area (Å²) in [6.45, 7) is 1.09. The molecule has 5 rings (SSSR count). The van der Waals surface area contributed by atoms with Crippen LogP contribution in [0.4, 0.5) is 0 Å². The number of hydrogen-bond acceptors (Lipinski definition) is 5. The van der Waals surface area contributed by atoms with Crippen LogP contribution in [-0.2, 0) is 0 Å². The van der Waals surface area contributed by atoms with Gasteiger partial charge in [0.25, 0.3) is 0 Å². The molecule has 0 radical (unpaired) electrons. The summed E-state index contributed by atoms with van der Waals surface area (Å²) in [6, 6.07) is 18.6. The topological polar surface area (TPSA) is 40.1 Å². The first-order valence-corrected chi connectivity index (χ1v) is 9.83. The zero-order valence-corrected chi connectivity index (χ0v) is 16.0. The number of allylic oxidation sites excluding steroid dienone is 1. The molecule has 0 aliphatic carbocycles. The molecule has 3 aliphatic rings. The number of nitrogens with one attached hydrogen (secondary N) is 1. The average Bonchev–Trinajstić information content (AvgIpc) is 3.35. The number of para-hydroxylation sites is 1. The summed E-state index contributed by atoms with van der Waals surface area (Å²) in [5.74, 6) is 1.68. The number of benzene rings is 2. The van der Waals surface area contributed by atoms with E-state index in [0.29, 0.717) is 6.04 Å². The van der Waals surface area contributed by atoms with Crippen LogP contribution in [0.25, 0.3) is 5.70 Å². The van der Waals surface area contributed by atoms with Gasteiger partial charge in [-0.25, -0.2) is 0 Å². The van der Waals surface area contributed by atoms with E-state index < -0.39 is 0 Å². The Hall–Kier alpha value is -3.05. The molecule has 2 aromatic rings. The summed E-state index contributed by atoms with van der Waals surface area (Å²) >= 11 is 0. The summed E-state index contributed by atoms with van der Waals surface area (Å²) in [4.78, 5) is 9.12. The molecular formula is C23H24N4O. The van der Waals surface area contributed by atoms with Crippen molar-refractivity contribution in [1.29, 1.82) is 0 Å². The van der Waals surface area contributed by atoms with Crippen LogP contribution in [0.15, 0.2) is 77.7 Å². The van der Waals surface area contributed by atoms with E-state index in [9.17, 15) is 0 Å². The second kappa shape index (κ2) is 7.17. The minimum Gasteiger partial charge on any atom is -0.457 e. The average molecular weight is 372 g/mol. The van der Waals surface area contributed by atoms with Crippen molar-refractivity contribution < 1.29 is 4.74 Å². The Labute approximate surface area is 165 Å². The van der Waals surface area contributed by atoms with Gasteiger partial charge in [-0.1, -0.05) is 18.2 Å². The highest BCUT2D eigenvalue weighted by Gasteiger charge is 2.41. The molecular weight excluding hydrogens is 348 g/mol. The summed E-state index contributed by atoms with van der Waals surface area (Å²) < 4.78 is 5.94. The Kier molecular flexibility index (Phi) is 4.37. The van der Waals surface area contributed by atoms with Gasteiger partial charge in [-0.2, -0.15) is 0 Å². The maximum Gasteiger partial charge on any atom is 0.127 e. The van der Waals surface area contributed by atoms with Gasteiger partial charge in [0.15, 0.2) is 0 Å². The molecule has 0 aromatic heterocycles. The number of aliphatic imine (C=N–C) groups is 1. The third kappa shape index (κ3) is 2.98. The van der Waals surface area contributed by atoms with Crippen molar-refractivity contribution in [3.05, 3.63) is 78.3 Å². The molecule has 2 aromatic carbocycles. The van der Waals surface area contributed by atoms with E-state index in [4.69, 9.17) is 4.74 Å². The molecule has 0 spiro atoms. The maximum absolute atomic E-state index is 5.94. The van der Waals surface area contributed by atoms with Crippen LogP contribution in [-0.4, -0.2) is 41.8 Å². The fourth-order valence-corrected chi connectivity index (χ4v) is 4.37. The van der Waals surface area contributed by atoms with E-state index in [-0.39, 0.29) is 6.17 Å². The number of ether oxygens (including phenoxy) is 1. The van der Waals surface area contributed by atoms with E-state index in [0.717, 1.165) is 23.7 Å². The van der Waals surface area contributed by atoms with Gasteiger partial charge in [0.1, 0.15) is 17.7 Å². The van der Waals surface area contributed by atoms with Crippen LogP contribution < -0.4 is 10.1 Å². The maximum atomic E-state index is 5.94. The quantitative estimate of drug-likeness (QED) is 0.880. The van der Waals surface area contributed by atoms with Crippen LogP contribution in [0.1, 0.15) is 18.4 Å². The summed E-state index contributed by atoms with van der Waals surface area (Å²) in [5.41, 5.74) is 3.53. The van der Waals surface area contributed by atoms with Crippen molar-refractivity contribution in [2.45, 2.75) is 25.0 Å². The molecule has 28 heavy (non-hydrogen) atoms. The van der Waals surface area contributed by atoms with Gasteiger partial charge in [-0.3, -0.25) is 4.99 Å². The first-order valence-electron chi connectivity index (χ1n) is 9.83. The Morgan fingerprint density at radius 2 is 1.82 bits per heavy atom. The first-order chi connectivity index (χ1) is 13.8. The van der Waals surface area contributed by atoms with Crippen molar-refractivity contribution in [3.8, 4) is 11.5 Å². The summed E-state index contributed by atoms with van der Waals surface area (Å²) in [6.07, 6.45) is 8.64. The molecule has 0 saturated carbocycles. The number of hydrogen-bond donors (Lipinski definition) is 1. The number of likely N-dealkylation sites (N-methyl/N-ethyl adjacent to an activating group) is 1. The highest BCUT2D eigenvalue weighted by atomic mass is 16.5. The number of fused-ring (bicyclic) bond motifs is 1. The van der Waals surface area contributed by atoms with Crippen LogP contribution in [0.3, 0.4) is 0 Å². The van der Waals surface area contributed by atoms with Crippen molar-refractivity contribution in [2.24, 2.45) is 4.99 Å². The third-order valence-electron chi connectivity index (χ3n) is 5.63. The Bertz CT molecular complexity index is 927. The largest absolute Gasteiger partial charge is 0.457 e. The highest BCUT2D eigenvalue weighted by Crippen LogP contribution is 2.38. The van der Waals surface area contributed by atoms with Gasteiger partial charge in [0, 0.05) is 31.1 Å². The second-order valence-corrected chi connectivity index (χ2v) is 7.38. The molecule has 142 valence electrons. The Morgan fingerprint density at radius 3 is 2.57 bits per heavy atom. The summed E-state index contributed by atoms with van der Waals surface area (Å²) in [5, 5.41) is 3.66. The highest BCUT2D eigenvalue weighted by molar-refractivity contribution is 5.92. The molecule has 1 saturated heterocycles. The lowest BCUT2D eigenvalue weighted by Crippen LogP contribution is -2.49. The Morgan fingerprint density at radius 1 is 1.04 bits per heavy atom. The minimum atomic E-state index is 0.274. The second-order valence-electron chi connectivity index (χ2n) is 7.38. The van der Waals surface area contributed by atoms with Crippen molar-refractivity contribution >= 4 is 11.9 Å². The van der Waals surface area contributed by atoms with Crippen LogP contribution in [0.2, 0.25) is 0 Å². The van der Waals surface area contributed by atoms with Gasteiger partial charge in [0.05, 0.1) is 17.6 Å². The zero-order chi connectivity index (χ0) is 18.9. The van der Waals surface area contributed by atoms with Gasteiger partial charge < -0.3 is 19.9 Å². The predicted molar refractivity (Wildman–Crippen MR) is 112 cm³/mol. The molecule has 1 N–H and O–H groups in total. The van der Waals surface area contributed by atoms with Crippen molar-refractivity contribution in [3.63, 3.8) is 0 Å². The van der Waals surface area contributed by atoms with E-state index in [1.165, 1.54) is 24.1 Å². The van der Waals surface area contributed by atoms with E-state index in [1.807, 2.05) is 54.9 Å². The fraction of sp³-hybridized carbons (Fsp3) is 0.261. The molecule has 3 aliphatic heterocycles. The fourth-order valence-electron chi connectivity index (χ4n) is 4.37. The normalized spacial score (nSPS) is 23.5. The molecule has 3 heterocycles. The molecule has 2 unspecified atom stereocenters. The molecule has 1 fully saturated rings. The van der Waals surface area contributed by atoms with Gasteiger partial charge in [0.2, 0.25) is 0 Å².